The van der Waals surface area contributed by atoms with E-state index in [9.17, 15) is 0 Å². The van der Waals surface area contributed by atoms with Crippen LogP contribution in [-0.4, -0.2) is 33.8 Å². The molecule has 84 valence electrons. The fourth-order valence-electron chi connectivity index (χ4n) is 2.05. The van der Waals surface area contributed by atoms with Gasteiger partial charge in [-0.05, 0) is 13.3 Å². The van der Waals surface area contributed by atoms with Crippen LogP contribution in [0.25, 0.3) is 0 Å². The van der Waals surface area contributed by atoms with E-state index in [-0.39, 0.29) is 0 Å². The fraction of sp³-hybridized carbons (Fsp3) is 0.727. The molecule has 2 heterocycles. The van der Waals surface area contributed by atoms with Crippen molar-refractivity contribution >= 4 is 11.6 Å². The van der Waals surface area contributed by atoms with Gasteiger partial charge in [-0.1, -0.05) is 18.5 Å². The second-order valence-electron chi connectivity index (χ2n) is 4.46. The average molecular weight is 228 g/mol. The van der Waals surface area contributed by atoms with Crippen LogP contribution in [0.4, 0.5) is 0 Å². The predicted octanol–water partition coefficient (Wildman–Crippen LogP) is 2.27. The molecule has 1 saturated heterocycles. The van der Waals surface area contributed by atoms with Gasteiger partial charge in [-0.15, -0.1) is 0 Å². The minimum Gasteiger partial charge on any atom is -0.300 e. The first-order chi connectivity index (χ1) is 7.19. The smallest absolute Gasteiger partial charge is 0.0785 e. The molecule has 0 N–H and O–H groups in total. The van der Waals surface area contributed by atoms with E-state index in [0.717, 1.165) is 23.5 Å². The molecular formula is C11H18ClN3. The molecule has 15 heavy (non-hydrogen) atoms. The quantitative estimate of drug-likeness (QED) is 0.787. The Balaban J connectivity index is 1.76. The summed E-state index contributed by atoms with van der Waals surface area (Å²) in [6.45, 7) is 7.94. The lowest BCUT2D eigenvalue weighted by Crippen LogP contribution is -2.52. The third-order valence-corrected chi connectivity index (χ3v) is 3.44. The van der Waals surface area contributed by atoms with E-state index in [1.165, 1.54) is 19.5 Å². The van der Waals surface area contributed by atoms with Crippen molar-refractivity contribution < 1.29 is 0 Å². The SMILES string of the molecule is CCC(C)N1CC(Cn2cc(Cl)cn2)C1. The lowest BCUT2D eigenvalue weighted by Gasteiger charge is -2.43. The molecule has 4 heteroatoms. The van der Waals surface area contributed by atoms with Crippen molar-refractivity contribution in [3.8, 4) is 0 Å². The first-order valence-electron chi connectivity index (χ1n) is 5.61. The summed E-state index contributed by atoms with van der Waals surface area (Å²) < 4.78 is 1.95. The summed E-state index contributed by atoms with van der Waals surface area (Å²) in [6.07, 6.45) is 4.83. The highest BCUT2D eigenvalue weighted by Gasteiger charge is 2.29. The van der Waals surface area contributed by atoms with Crippen molar-refractivity contribution in [3.05, 3.63) is 17.4 Å². The summed E-state index contributed by atoms with van der Waals surface area (Å²) in [4.78, 5) is 2.52. The maximum absolute atomic E-state index is 5.81. The number of rotatable bonds is 4. The first kappa shape index (κ1) is 11.0. The largest absolute Gasteiger partial charge is 0.300 e. The Labute approximate surface area is 96.0 Å². The van der Waals surface area contributed by atoms with Crippen LogP contribution in [0.5, 0.6) is 0 Å². The Morgan fingerprint density at radius 2 is 2.33 bits per heavy atom. The highest BCUT2D eigenvalue weighted by Crippen LogP contribution is 2.21. The molecule has 0 saturated carbocycles. The van der Waals surface area contributed by atoms with Crippen LogP contribution in [0, 0.1) is 5.92 Å². The predicted molar refractivity (Wildman–Crippen MR) is 62.1 cm³/mol. The van der Waals surface area contributed by atoms with Gasteiger partial charge in [0.2, 0.25) is 0 Å². The van der Waals surface area contributed by atoms with Gasteiger partial charge in [0.15, 0.2) is 0 Å². The molecule has 0 spiro atoms. The molecule has 0 radical (unpaired) electrons. The molecule has 0 aliphatic carbocycles. The summed E-state index contributed by atoms with van der Waals surface area (Å²) in [5.41, 5.74) is 0. The minimum absolute atomic E-state index is 0.724. The van der Waals surface area contributed by atoms with Crippen molar-refractivity contribution in [2.45, 2.75) is 32.9 Å². The third kappa shape index (κ3) is 2.52. The second kappa shape index (κ2) is 4.54. The third-order valence-electron chi connectivity index (χ3n) is 3.25. The molecule has 1 aromatic heterocycles. The summed E-state index contributed by atoms with van der Waals surface area (Å²) in [5, 5.41) is 4.92. The van der Waals surface area contributed by atoms with Crippen LogP contribution in [-0.2, 0) is 6.54 Å². The van der Waals surface area contributed by atoms with Gasteiger partial charge in [0.05, 0.1) is 11.2 Å². The molecule has 1 fully saturated rings. The Hall–Kier alpha value is -0.540. The summed E-state index contributed by atoms with van der Waals surface area (Å²) >= 11 is 5.81. The van der Waals surface area contributed by atoms with Crippen molar-refractivity contribution in [2.24, 2.45) is 5.92 Å². The van der Waals surface area contributed by atoms with Crippen molar-refractivity contribution in [1.29, 1.82) is 0 Å². The second-order valence-corrected chi connectivity index (χ2v) is 4.89. The molecule has 1 atom stereocenters. The van der Waals surface area contributed by atoms with Crippen molar-refractivity contribution in [2.75, 3.05) is 13.1 Å². The molecule has 0 aromatic carbocycles. The fourth-order valence-corrected chi connectivity index (χ4v) is 2.20. The Kier molecular flexibility index (Phi) is 3.32. The number of likely N-dealkylation sites (tertiary alicyclic amines) is 1. The zero-order chi connectivity index (χ0) is 10.8. The lowest BCUT2D eigenvalue weighted by atomic mass is 9.97. The van der Waals surface area contributed by atoms with Gasteiger partial charge >= 0.3 is 0 Å². The van der Waals surface area contributed by atoms with Crippen molar-refractivity contribution in [1.82, 2.24) is 14.7 Å². The van der Waals surface area contributed by atoms with E-state index in [0.29, 0.717) is 0 Å². The van der Waals surface area contributed by atoms with E-state index in [4.69, 9.17) is 11.6 Å². The summed E-state index contributed by atoms with van der Waals surface area (Å²) in [6, 6.07) is 0.724. The molecule has 0 amide bonds. The van der Waals surface area contributed by atoms with Gasteiger partial charge in [-0.25, -0.2) is 0 Å². The highest BCUT2D eigenvalue weighted by molar-refractivity contribution is 6.30. The normalized spacial score (nSPS) is 20.2. The molecule has 1 aromatic rings. The molecule has 1 aliphatic heterocycles. The van der Waals surface area contributed by atoms with Gasteiger partial charge in [-0.2, -0.15) is 5.10 Å². The molecule has 1 aliphatic rings. The van der Waals surface area contributed by atoms with Gasteiger partial charge in [-0.3, -0.25) is 9.58 Å². The zero-order valence-corrected chi connectivity index (χ0v) is 10.1. The number of aromatic nitrogens is 2. The summed E-state index contributed by atoms with van der Waals surface area (Å²) in [7, 11) is 0. The topological polar surface area (TPSA) is 21.1 Å². The van der Waals surface area contributed by atoms with Crippen LogP contribution in [0.3, 0.4) is 0 Å². The van der Waals surface area contributed by atoms with E-state index < -0.39 is 0 Å². The van der Waals surface area contributed by atoms with E-state index in [2.05, 4.69) is 23.8 Å². The first-order valence-corrected chi connectivity index (χ1v) is 5.99. The molecule has 0 bridgehead atoms. The van der Waals surface area contributed by atoms with Gasteiger partial charge in [0.1, 0.15) is 0 Å². The van der Waals surface area contributed by atoms with Crippen LogP contribution < -0.4 is 0 Å². The standard InChI is InChI=1S/C11H18ClN3/c1-3-9(2)14-5-10(6-14)7-15-8-11(12)4-13-15/h4,8-10H,3,5-7H2,1-2H3. The van der Waals surface area contributed by atoms with Gasteiger partial charge < -0.3 is 0 Å². The Bertz CT molecular complexity index is 317. The van der Waals surface area contributed by atoms with E-state index in [1.54, 1.807) is 6.20 Å². The highest BCUT2D eigenvalue weighted by atomic mass is 35.5. The monoisotopic (exact) mass is 227 g/mol. The lowest BCUT2D eigenvalue weighted by molar-refractivity contribution is 0.0469. The minimum atomic E-state index is 0.724. The van der Waals surface area contributed by atoms with Crippen LogP contribution >= 0.6 is 11.6 Å². The summed E-state index contributed by atoms with van der Waals surface area (Å²) in [5.74, 6) is 0.745. The molecule has 1 unspecified atom stereocenters. The van der Waals surface area contributed by atoms with Gasteiger partial charge in [0, 0.05) is 37.8 Å². The molecular weight excluding hydrogens is 210 g/mol. The number of halogens is 1. The average Bonchev–Trinajstić information content (AvgIpc) is 2.56. The maximum atomic E-state index is 5.81. The maximum Gasteiger partial charge on any atom is 0.0785 e. The van der Waals surface area contributed by atoms with Crippen LogP contribution in [0.2, 0.25) is 5.02 Å². The van der Waals surface area contributed by atoms with E-state index >= 15 is 0 Å². The van der Waals surface area contributed by atoms with E-state index in [1.807, 2.05) is 10.9 Å². The van der Waals surface area contributed by atoms with Crippen molar-refractivity contribution in [3.63, 3.8) is 0 Å². The Morgan fingerprint density at radius 3 is 2.87 bits per heavy atom. The molecule has 3 nitrogen and oxygen atoms in total. The number of nitrogens with zero attached hydrogens (tertiary/aromatic N) is 3. The molecule has 2 rings (SSSR count). The Morgan fingerprint density at radius 1 is 1.60 bits per heavy atom. The zero-order valence-electron chi connectivity index (χ0n) is 9.36. The van der Waals surface area contributed by atoms with Crippen LogP contribution in [0.1, 0.15) is 20.3 Å². The van der Waals surface area contributed by atoms with Crippen LogP contribution in [0.15, 0.2) is 12.4 Å². The number of hydrogen-bond donors (Lipinski definition) is 0. The van der Waals surface area contributed by atoms with Gasteiger partial charge in [0.25, 0.3) is 0 Å². The number of hydrogen-bond acceptors (Lipinski definition) is 2.